The molecule has 0 spiro atoms. The highest BCUT2D eigenvalue weighted by molar-refractivity contribution is 5.88. The van der Waals surface area contributed by atoms with Crippen molar-refractivity contribution in [1.82, 2.24) is 16.0 Å². The summed E-state index contributed by atoms with van der Waals surface area (Å²) in [7, 11) is 1.70. The topological polar surface area (TPSA) is 70.2 Å². The zero-order chi connectivity index (χ0) is 8.97. The average Bonchev–Trinajstić information content (AvgIpc) is 2.03. The molecule has 0 radical (unpaired) electrons. The van der Waals surface area contributed by atoms with Crippen LogP contribution in [0.15, 0.2) is 0 Å². The Morgan fingerprint density at radius 3 is 2.83 bits per heavy atom. The molecule has 68 valence electrons. The summed E-state index contributed by atoms with van der Waals surface area (Å²) in [6.07, 6.45) is 0. The van der Waals surface area contributed by atoms with E-state index < -0.39 is 0 Å². The van der Waals surface area contributed by atoms with Crippen molar-refractivity contribution in [3.05, 3.63) is 0 Å². The van der Waals surface area contributed by atoms with Crippen molar-refractivity contribution in [3.63, 3.8) is 0 Å². The van der Waals surface area contributed by atoms with Gasteiger partial charge in [-0.05, 0) is 7.05 Å². The van der Waals surface area contributed by atoms with Crippen molar-refractivity contribution in [1.29, 1.82) is 0 Å². The quantitative estimate of drug-likeness (QED) is 0.421. The molecule has 1 atom stereocenters. The average molecular weight is 171 g/mol. The number of rotatable bonds is 1. The molecule has 1 rings (SSSR count). The number of carbonyl (C=O) groups excluding carboxylic acids is 2. The highest BCUT2D eigenvalue weighted by Crippen LogP contribution is 1.86. The van der Waals surface area contributed by atoms with Gasteiger partial charge in [-0.3, -0.25) is 9.59 Å². The lowest BCUT2D eigenvalue weighted by atomic mass is 10.1. The van der Waals surface area contributed by atoms with Crippen molar-refractivity contribution in [2.75, 3.05) is 26.7 Å². The molecule has 0 aliphatic carbocycles. The molecular weight excluding hydrogens is 158 g/mol. The minimum atomic E-state index is -0.262. The summed E-state index contributed by atoms with van der Waals surface area (Å²) in [5, 5.41) is 8.22. The predicted molar refractivity (Wildman–Crippen MR) is 43.7 cm³/mol. The summed E-state index contributed by atoms with van der Waals surface area (Å²) in [4.78, 5) is 22.1. The first-order chi connectivity index (χ1) is 5.74. The Morgan fingerprint density at radius 1 is 1.42 bits per heavy atom. The first kappa shape index (κ1) is 9.15. The van der Waals surface area contributed by atoms with Gasteiger partial charge in [-0.1, -0.05) is 0 Å². The van der Waals surface area contributed by atoms with Gasteiger partial charge in [0.25, 0.3) is 0 Å². The minimum absolute atomic E-state index is 0.0669. The third-order valence-corrected chi connectivity index (χ3v) is 1.83. The van der Waals surface area contributed by atoms with Crippen LogP contribution in [-0.4, -0.2) is 44.4 Å². The van der Waals surface area contributed by atoms with Gasteiger partial charge in [0.05, 0.1) is 19.1 Å². The molecule has 5 heteroatoms. The van der Waals surface area contributed by atoms with Gasteiger partial charge in [0.2, 0.25) is 5.91 Å². The van der Waals surface area contributed by atoms with Crippen LogP contribution in [0, 0.1) is 0 Å². The van der Waals surface area contributed by atoms with E-state index in [1.807, 2.05) is 0 Å². The van der Waals surface area contributed by atoms with E-state index >= 15 is 0 Å². The number of likely N-dealkylation sites (N-methyl/N-ethyl adjacent to an activating group) is 1. The van der Waals surface area contributed by atoms with Gasteiger partial charge in [0.1, 0.15) is 0 Å². The van der Waals surface area contributed by atoms with Gasteiger partial charge in [-0.15, -0.1) is 0 Å². The number of amides is 1. The molecule has 0 aromatic rings. The van der Waals surface area contributed by atoms with Crippen LogP contribution in [0.5, 0.6) is 0 Å². The van der Waals surface area contributed by atoms with E-state index in [0.717, 1.165) is 0 Å². The monoisotopic (exact) mass is 171 g/mol. The lowest BCUT2D eigenvalue weighted by Crippen LogP contribution is -2.52. The Labute approximate surface area is 70.9 Å². The van der Waals surface area contributed by atoms with E-state index in [4.69, 9.17) is 0 Å². The third-order valence-electron chi connectivity index (χ3n) is 1.83. The second-order valence-corrected chi connectivity index (χ2v) is 2.72. The molecule has 3 N–H and O–H groups in total. The van der Waals surface area contributed by atoms with Crippen molar-refractivity contribution < 1.29 is 9.59 Å². The molecular formula is C7H13N3O2. The summed E-state index contributed by atoms with van der Waals surface area (Å²) >= 11 is 0. The molecule has 0 saturated carbocycles. The Balaban J connectivity index is 2.50. The fourth-order valence-electron chi connectivity index (χ4n) is 1.08. The highest BCUT2D eigenvalue weighted by Gasteiger charge is 2.19. The summed E-state index contributed by atoms with van der Waals surface area (Å²) < 4.78 is 0. The van der Waals surface area contributed by atoms with Crippen LogP contribution in [0.3, 0.4) is 0 Å². The normalized spacial score (nSPS) is 25.9. The molecule has 1 aliphatic rings. The van der Waals surface area contributed by atoms with E-state index in [9.17, 15) is 9.59 Å². The molecule has 0 aromatic heterocycles. The van der Waals surface area contributed by atoms with Gasteiger partial charge in [0.15, 0.2) is 5.78 Å². The molecule has 1 unspecified atom stereocenters. The van der Waals surface area contributed by atoms with Gasteiger partial charge in [-0.25, -0.2) is 0 Å². The molecule has 1 saturated heterocycles. The Morgan fingerprint density at radius 2 is 2.17 bits per heavy atom. The largest absolute Gasteiger partial charge is 0.353 e. The van der Waals surface area contributed by atoms with Crippen molar-refractivity contribution in [2.24, 2.45) is 0 Å². The molecule has 1 fully saturated rings. The van der Waals surface area contributed by atoms with Crippen LogP contribution in [0.2, 0.25) is 0 Å². The van der Waals surface area contributed by atoms with Gasteiger partial charge in [0, 0.05) is 6.54 Å². The van der Waals surface area contributed by atoms with E-state index in [0.29, 0.717) is 6.54 Å². The second kappa shape index (κ2) is 4.18. The van der Waals surface area contributed by atoms with Gasteiger partial charge < -0.3 is 16.0 Å². The fourth-order valence-corrected chi connectivity index (χ4v) is 1.08. The van der Waals surface area contributed by atoms with Crippen LogP contribution in [0.25, 0.3) is 0 Å². The Bertz CT molecular complexity index is 193. The number of nitrogens with one attached hydrogen (secondary N) is 3. The van der Waals surface area contributed by atoms with E-state index in [2.05, 4.69) is 16.0 Å². The van der Waals surface area contributed by atoms with Crippen LogP contribution < -0.4 is 16.0 Å². The standard InChI is InChI=1S/C7H13N3O2/c1-8-5-2-10-7(12)4-9-3-6(5)11/h5,8-9H,2-4H2,1H3,(H,10,12). The number of hydrogen-bond acceptors (Lipinski definition) is 4. The lowest BCUT2D eigenvalue weighted by molar-refractivity contribution is -0.123. The van der Waals surface area contributed by atoms with Gasteiger partial charge in [-0.2, -0.15) is 0 Å². The van der Waals surface area contributed by atoms with E-state index in [1.54, 1.807) is 7.05 Å². The van der Waals surface area contributed by atoms with Crippen LogP contribution in [-0.2, 0) is 9.59 Å². The maximum Gasteiger partial charge on any atom is 0.234 e. The smallest absolute Gasteiger partial charge is 0.234 e. The van der Waals surface area contributed by atoms with E-state index in [-0.39, 0.29) is 30.8 Å². The summed E-state index contributed by atoms with van der Waals surface area (Å²) in [5.74, 6) is 0.0141. The molecule has 5 nitrogen and oxygen atoms in total. The van der Waals surface area contributed by atoms with Crippen LogP contribution in [0.1, 0.15) is 0 Å². The van der Waals surface area contributed by atoms with Crippen molar-refractivity contribution >= 4 is 11.7 Å². The molecule has 1 aliphatic heterocycles. The van der Waals surface area contributed by atoms with Crippen LogP contribution >= 0.6 is 0 Å². The predicted octanol–water partition coefficient (Wildman–Crippen LogP) is -2.14. The van der Waals surface area contributed by atoms with E-state index in [1.165, 1.54) is 0 Å². The summed E-state index contributed by atoms with van der Waals surface area (Å²) in [6.45, 7) is 0.872. The number of carbonyl (C=O) groups is 2. The van der Waals surface area contributed by atoms with Crippen molar-refractivity contribution in [3.8, 4) is 0 Å². The zero-order valence-corrected chi connectivity index (χ0v) is 7.02. The highest BCUT2D eigenvalue weighted by atomic mass is 16.2. The number of hydrogen-bond donors (Lipinski definition) is 3. The first-order valence-electron chi connectivity index (χ1n) is 3.91. The fraction of sp³-hybridized carbons (Fsp3) is 0.714. The zero-order valence-electron chi connectivity index (χ0n) is 7.02. The molecule has 0 bridgehead atoms. The van der Waals surface area contributed by atoms with Crippen LogP contribution in [0.4, 0.5) is 0 Å². The van der Waals surface area contributed by atoms with Gasteiger partial charge >= 0.3 is 0 Å². The maximum atomic E-state index is 11.2. The Hall–Kier alpha value is -0.940. The van der Waals surface area contributed by atoms with Crippen molar-refractivity contribution in [2.45, 2.75) is 6.04 Å². The summed E-state index contributed by atoms with van der Waals surface area (Å²) in [6, 6.07) is -0.262. The SMILES string of the molecule is CNC1CNC(=O)CNCC1=O. The maximum absolute atomic E-state index is 11.2. The Kier molecular flexibility index (Phi) is 3.19. The second-order valence-electron chi connectivity index (χ2n) is 2.72. The third kappa shape index (κ3) is 2.28. The molecule has 0 aromatic carbocycles. The lowest BCUT2D eigenvalue weighted by Gasteiger charge is -2.19. The molecule has 12 heavy (non-hydrogen) atoms. The molecule has 1 amide bonds. The molecule has 1 heterocycles. The minimum Gasteiger partial charge on any atom is -0.353 e. The summed E-state index contributed by atoms with van der Waals surface area (Å²) in [5.41, 5.74) is 0. The number of ketones is 1. The first-order valence-corrected chi connectivity index (χ1v) is 3.91. The number of Topliss-reactive ketones (excluding diaryl/α,β-unsaturated/α-hetero) is 1.